The third-order valence-corrected chi connectivity index (χ3v) is 5.69. The van der Waals surface area contributed by atoms with Gasteiger partial charge in [-0.05, 0) is 57.4 Å². The summed E-state index contributed by atoms with van der Waals surface area (Å²) in [6.07, 6.45) is 5.20. The van der Waals surface area contributed by atoms with E-state index in [-0.39, 0.29) is 17.4 Å². The molecule has 8 heteroatoms. The fourth-order valence-corrected chi connectivity index (χ4v) is 3.66. The minimum absolute atomic E-state index is 0.0189. The molecular weight excluding hydrogens is 392 g/mol. The molecule has 2 N–H and O–H groups in total. The summed E-state index contributed by atoms with van der Waals surface area (Å²) in [7, 11) is 0. The SMILES string of the molecule is Cc1ccc(NC(=O)C2CCCN(c3ccc(-c4nc(C)c(C)c(=O)[nH]4)cn3)C2)nc1. The largest absolute Gasteiger partial charge is 0.356 e. The first-order chi connectivity index (χ1) is 14.9. The summed E-state index contributed by atoms with van der Waals surface area (Å²) in [5.41, 5.74) is 2.99. The summed E-state index contributed by atoms with van der Waals surface area (Å²) in [5.74, 6) is 1.74. The molecular formula is C23H26N6O2. The van der Waals surface area contributed by atoms with Gasteiger partial charge in [0.05, 0.1) is 5.92 Å². The molecule has 0 aliphatic carbocycles. The molecule has 1 aliphatic heterocycles. The molecule has 0 radical (unpaired) electrons. The van der Waals surface area contributed by atoms with E-state index >= 15 is 0 Å². The number of aryl methyl sites for hydroxylation is 2. The number of nitrogens with zero attached hydrogens (tertiary/aromatic N) is 4. The van der Waals surface area contributed by atoms with Crippen molar-refractivity contribution in [3.63, 3.8) is 0 Å². The third kappa shape index (κ3) is 4.63. The molecule has 0 bridgehead atoms. The summed E-state index contributed by atoms with van der Waals surface area (Å²) >= 11 is 0. The Balaban J connectivity index is 1.45. The highest BCUT2D eigenvalue weighted by Gasteiger charge is 2.27. The van der Waals surface area contributed by atoms with Crippen LogP contribution in [0.3, 0.4) is 0 Å². The molecule has 4 heterocycles. The third-order valence-electron chi connectivity index (χ3n) is 5.69. The van der Waals surface area contributed by atoms with Crippen LogP contribution in [0, 0.1) is 26.7 Å². The van der Waals surface area contributed by atoms with Crippen LogP contribution in [-0.4, -0.2) is 38.9 Å². The normalized spacial score (nSPS) is 16.2. The fourth-order valence-electron chi connectivity index (χ4n) is 3.66. The highest BCUT2D eigenvalue weighted by atomic mass is 16.2. The fraction of sp³-hybridized carbons (Fsp3) is 0.348. The summed E-state index contributed by atoms with van der Waals surface area (Å²) in [4.78, 5) is 43.0. The number of anilines is 2. The molecule has 31 heavy (non-hydrogen) atoms. The van der Waals surface area contributed by atoms with Gasteiger partial charge in [-0.25, -0.2) is 15.0 Å². The lowest BCUT2D eigenvalue weighted by Gasteiger charge is -2.32. The van der Waals surface area contributed by atoms with Crippen molar-refractivity contribution in [1.29, 1.82) is 0 Å². The summed E-state index contributed by atoms with van der Waals surface area (Å²) in [6, 6.07) is 7.56. The Morgan fingerprint density at radius 3 is 2.65 bits per heavy atom. The van der Waals surface area contributed by atoms with E-state index in [4.69, 9.17) is 0 Å². The minimum atomic E-state index is -0.139. The molecule has 3 aromatic heterocycles. The molecule has 1 saturated heterocycles. The Labute approximate surface area is 180 Å². The summed E-state index contributed by atoms with van der Waals surface area (Å²) in [5, 5.41) is 2.92. The number of hydrogen-bond donors (Lipinski definition) is 2. The van der Waals surface area contributed by atoms with Crippen LogP contribution in [0.4, 0.5) is 11.6 Å². The number of nitrogens with one attached hydrogen (secondary N) is 2. The van der Waals surface area contributed by atoms with Crippen molar-refractivity contribution in [2.45, 2.75) is 33.6 Å². The van der Waals surface area contributed by atoms with Gasteiger partial charge in [-0.3, -0.25) is 9.59 Å². The summed E-state index contributed by atoms with van der Waals surface area (Å²) < 4.78 is 0. The van der Waals surface area contributed by atoms with E-state index < -0.39 is 0 Å². The van der Waals surface area contributed by atoms with E-state index in [9.17, 15) is 9.59 Å². The molecule has 0 spiro atoms. The topological polar surface area (TPSA) is 104 Å². The van der Waals surface area contributed by atoms with E-state index in [0.29, 0.717) is 29.4 Å². The lowest BCUT2D eigenvalue weighted by Crippen LogP contribution is -2.41. The zero-order chi connectivity index (χ0) is 22.0. The van der Waals surface area contributed by atoms with Gasteiger partial charge in [-0.1, -0.05) is 6.07 Å². The number of hydrogen-bond acceptors (Lipinski definition) is 6. The number of rotatable bonds is 4. The Morgan fingerprint density at radius 2 is 1.97 bits per heavy atom. The molecule has 1 amide bonds. The molecule has 1 aliphatic rings. The van der Waals surface area contributed by atoms with Gasteiger partial charge in [0.2, 0.25) is 5.91 Å². The average Bonchev–Trinajstić information content (AvgIpc) is 2.79. The van der Waals surface area contributed by atoms with Crippen LogP contribution < -0.4 is 15.8 Å². The second-order valence-electron chi connectivity index (χ2n) is 8.03. The van der Waals surface area contributed by atoms with Gasteiger partial charge in [-0.15, -0.1) is 0 Å². The van der Waals surface area contributed by atoms with Crippen molar-refractivity contribution in [1.82, 2.24) is 19.9 Å². The van der Waals surface area contributed by atoms with Gasteiger partial charge in [0.15, 0.2) is 0 Å². The Morgan fingerprint density at radius 1 is 1.13 bits per heavy atom. The highest BCUT2D eigenvalue weighted by molar-refractivity contribution is 5.92. The van der Waals surface area contributed by atoms with Crippen LogP contribution in [0.25, 0.3) is 11.4 Å². The lowest BCUT2D eigenvalue weighted by molar-refractivity contribution is -0.120. The van der Waals surface area contributed by atoms with Crippen molar-refractivity contribution in [2.75, 3.05) is 23.3 Å². The number of carbonyl (C=O) groups is 1. The lowest BCUT2D eigenvalue weighted by atomic mass is 9.97. The zero-order valence-corrected chi connectivity index (χ0v) is 18.0. The average molecular weight is 419 g/mol. The second kappa shape index (κ2) is 8.67. The second-order valence-corrected chi connectivity index (χ2v) is 8.03. The molecule has 1 atom stereocenters. The first-order valence-corrected chi connectivity index (χ1v) is 10.4. The van der Waals surface area contributed by atoms with E-state index in [0.717, 1.165) is 36.3 Å². The number of H-pyrrole nitrogens is 1. The van der Waals surface area contributed by atoms with Gasteiger partial charge < -0.3 is 15.2 Å². The predicted octanol–water partition coefficient (Wildman–Crippen LogP) is 3.01. The molecule has 1 fully saturated rings. The molecule has 3 aromatic rings. The quantitative estimate of drug-likeness (QED) is 0.675. The van der Waals surface area contributed by atoms with Gasteiger partial charge in [-0.2, -0.15) is 0 Å². The van der Waals surface area contributed by atoms with E-state index in [1.54, 1.807) is 19.3 Å². The predicted molar refractivity (Wildman–Crippen MR) is 120 cm³/mol. The van der Waals surface area contributed by atoms with E-state index in [1.807, 2.05) is 38.1 Å². The molecule has 4 rings (SSSR count). The number of aromatic amines is 1. The Kier molecular flexibility index (Phi) is 5.79. The molecule has 8 nitrogen and oxygen atoms in total. The Bertz CT molecular complexity index is 1140. The van der Waals surface area contributed by atoms with Gasteiger partial charge in [0, 0.05) is 42.3 Å². The number of carbonyl (C=O) groups excluding carboxylic acids is 1. The summed E-state index contributed by atoms with van der Waals surface area (Å²) in [6.45, 7) is 6.98. The molecule has 0 saturated carbocycles. The van der Waals surface area contributed by atoms with Gasteiger partial charge >= 0.3 is 0 Å². The van der Waals surface area contributed by atoms with Crippen molar-refractivity contribution >= 4 is 17.5 Å². The number of piperidine rings is 1. The highest BCUT2D eigenvalue weighted by Crippen LogP contribution is 2.24. The Hall–Kier alpha value is -3.55. The van der Waals surface area contributed by atoms with Crippen molar-refractivity contribution in [2.24, 2.45) is 5.92 Å². The maximum Gasteiger partial charge on any atom is 0.254 e. The first-order valence-electron chi connectivity index (χ1n) is 10.4. The van der Waals surface area contributed by atoms with Gasteiger partial charge in [0.25, 0.3) is 5.56 Å². The van der Waals surface area contributed by atoms with Crippen LogP contribution in [0.2, 0.25) is 0 Å². The van der Waals surface area contributed by atoms with Crippen LogP contribution in [-0.2, 0) is 4.79 Å². The van der Waals surface area contributed by atoms with Crippen LogP contribution in [0.1, 0.15) is 29.7 Å². The molecule has 160 valence electrons. The van der Waals surface area contributed by atoms with Crippen LogP contribution in [0.15, 0.2) is 41.5 Å². The molecule has 0 aromatic carbocycles. The number of aromatic nitrogens is 4. The first kappa shape index (κ1) is 20.7. The monoisotopic (exact) mass is 418 g/mol. The number of pyridine rings is 2. The smallest absolute Gasteiger partial charge is 0.254 e. The number of amides is 1. The van der Waals surface area contributed by atoms with E-state index in [1.165, 1.54) is 0 Å². The van der Waals surface area contributed by atoms with Crippen LogP contribution in [0.5, 0.6) is 0 Å². The van der Waals surface area contributed by atoms with Crippen molar-refractivity contribution in [3.05, 3.63) is 63.8 Å². The minimum Gasteiger partial charge on any atom is -0.356 e. The van der Waals surface area contributed by atoms with Crippen molar-refractivity contribution < 1.29 is 4.79 Å². The zero-order valence-electron chi connectivity index (χ0n) is 18.0. The molecule has 1 unspecified atom stereocenters. The standard InChI is InChI=1S/C23H26N6O2/c1-14-6-8-19(24-11-14)27-23(31)18-5-4-10-29(13-18)20-9-7-17(12-25-20)21-26-16(3)15(2)22(30)28-21/h6-9,11-12,18H,4-5,10,13H2,1-3H3,(H,24,27,31)(H,26,28,30). The van der Waals surface area contributed by atoms with Crippen molar-refractivity contribution in [3.8, 4) is 11.4 Å². The maximum absolute atomic E-state index is 12.7. The maximum atomic E-state index is 12.7. The van der Waals surface area contributed by atoms with Gasteiger partial charge in [0.1, 0.15) is 17.5 Å². The van der Waals surface area contributed by atoms with E-state index in [2.05, 4.69) is 30.2 Å². The van der Waals surface area contributed by atoms with Crippen LogP contribution >= 0.6 is 0 Å².